The molecule has 7 nitrogen and oxygen atoms in total. The number of nitrogens with zero attached hydrogens (tertiary/aromatic N) is 1. The van der Waals surface area contributed by atoms with Gasteiger partial charge in [0.2, 0.25) is 0 Å². The van der Waals surface area contributed by atoms with Crippen LogP contribution < -0.4 is 0 Å². The van der Waals surface area contributed by atoms with Gasteiger partial charge in [0.05, 0.1) is 38.6 Å². The molecule has 0 amide bonds. The van der Waals surface area contributed by atoms with E-state index >= 15 is 0 Å². The Balaban J connectivity index is 2.34. The second kappa shape index (κ2) is 10.1. The molecule has 22 heavy (non-hydrogen) atoms. The quantitative estimate of drug-likeness (QED) is 0.427. The first kappa shape index (κ1) is 19.3. The van der Waals surface area contributed by atoms with E-state index in [2.05, 4.69) is 4.90 Å². The van der Waals surface area contributed by atoms with Crippen molar-refractivity contribution in [2.45, 2.75) is 26.2 Å². The van der Waals surface area contributed by atoms with Crippen molar-refractivity contribution >= 4 is 16.1 Å². The van der Waals surface area contributed by atoms with Crippen LogP contribution in [0.25, 0.3) is 0 Å². The first-order chi connectivity index (χ1) is 10.4. The Kier molecular flexibility index (Phi) is 8.92. The molecule has 0 spiro atoms. The normalized spacial score (nSPS) is 18.1. The molecular formula is C14H27NO6S. The van der Waals surface area contributed by atoms with E-state index in [9.17, 15) is 13.2 Å². The molecule has 1 saturated heterocycles. The van der Waals surface area contributed by atoms with Gasteiger partial charge in [-0.3, -0.25) is 13.9 Å². The van der Waals surface area contributed by atoms with Crippen molar-refractivity contribution in [2.75, 3.05) is 52.3 Å². The van der Waals surface area contributed by atoms with E-state index in [1.165, 1.54) is 0 Å². The Bertz CT molecular complexity index is 419. The minimum absolute atomic E-state index is 0.0138. The van der Waals surface area contributed by atoms with Gasteiger partial charge in [-0.05, 0) is 32.7 Å². The van der Waals surface area contributed by atoms with E-state index in [4.69, 9.17) is 13.7 Å². The standard InChI is InChI=1S/C14H27NO6S/c1-3-20-14(16)13(6-10-21-22(2,17)18)5-4-7-15-8-11-19-12-9-15/h13H,3-12H2,1-2H3/t13-/m1/s1. The molecule has 1 rings (SSSR count). The summed E-state index contributed by atoms with van der Waals surface area (Å²) in [7, 11) is -3.47. The predicted molar refractivity (Wildman–Crippen MR) is 82.0 cm³/mol. The van der Waals surface area contributed by atoms with Gasteiger partial charge in [-0.25, -0.2) is 0 Å². The molecule has 0 N–H and O–H groups in total. The van der Waals surface area contributed by atoms with Crippen LogP contribution >= 0.6 is 0 Å². The van der Waals surface area contributed by atoms with Crippen LogP contribution in [0.5, 0.6) is 0 Å². The average molecular weight is 337 g/mol. The summed E-state index contributed by atoms with van der Waals surface area (Å²) in [6, 6.07) is 0. The first-order valence-corrected chi connectivity index (χ1v) is 9.55. The molecule has 1 aliphatic rings. The third-order valence-electron chi connectivity index (χ3n) is 3.51. The topological polar surface area (TPSA) is 82.1 Å². The molecule has 0 aliphatic carbocycles. The van der Waals surface area contributed by atoms with Crippen LogP contribution in [0.4, 0.5) is 0 Å². The molecule has 8 heteroatoms. The summed E-state index contributed by atoms with van der Waals surface area (Å²) < 4.78 is 37.0. The van der Waals surface area contributed by atoms with Gasteiger partial charge in [0.15, 0.2) is 0 Å². The summed E-state index contributed by atoms with van der Waals surface area (Å²) in [6.07, 6.45) is 2.89. The van der Waals surface area contributed by atoms with Gasteiger partial charge in [-0.1, -0.05) is 0 Å². The minimum atomic E-state index is -3.47. The van der Waals surface area contributed by atoms with Crippen molar-refractivity contribution in [3.8, 4) is 0 Å². The van der Waals surface area contributed by atoms with Gasteiger partial charge in [0.1, 0.15) is 0 Å². The van der Waals surface area contributed by atoms with Crippen molar-refractivity contribution in [1.29, 1.82) is 0 Å². The van der Waals surface area contributed by atoms with Crippen molar-refractivity contribution in [3.05, 3.63) is 0 Å². The maximum Gasteiger partial charge on any atom is 0.309 e. The lowest BCUT2D eigenvalue weighted by Crippen LogP contribution is -2.37. The summed E-state index contributed by atoms with van der Waals surface area (Å²) in [6.45, 7) is 6.35. The Hall–Kier alpha value is -0.700. The molecular weight excluding hydrogens is 310 g/mol. The molecule has 0 radical (unpaired) electrons. The van der Waals surface area contributed by atoms with E-state index in [-0.39, 0.29) is 18.5 Å². The zero-order chi connectivity index (χ0) is 16.4. The SMILES string of the molecule is CCOC(=O)[C@H](CCCN1CCOCC1)CCOS(C)(=O)=O. The van der Waals surface area contributed by atoms with E-state index < -0.39 is 10.1 Å². The zero-order valence-electron chi connectivity index (χ0n) is 13.5. The maximum absolute atomic E-state index is 11.9. The Morgan fingerprint density at radius 1 is 1.27 bits per heavy atom. The summed E-state index contributed by atoms with van der Waals surface area (Å²) >= 11 is 0. The predicted octanol–water partition coefficient (Wildman–Crippen LogP) is 0.644. The molecule has 130 valence electrons. The molecule has 1 aliphatic heterocycles. The Morgan fingerprint density at radius 2 is 1.95 bits per heavy atom. The largest absolute Gasteiger partial charge is 0.466 e. The van der Waals surface area contributed by atoms with Crippen LogP contribution in [0, 0.1) is 5.92 Å². The zero-order valence-corrected chi connectivity index (χ0v) is 14.3. The van der Waals surface area contributed by atoms with E-state index in [0.717, 1.165) is 45.5 Å². The molecule has 0 aromatic heterocycles. The summed E-state index contributed by atoms with van der Waals surface area (Å²) in [5.74, 6) is -0.593. The second-order valence-corrected chi connectivity index (χ2v) is 7.00. The smallest absolute Gasteiger partial charge is 0.309 e. The van der Waals surface area contributed by atoms with Gasteiger partial charge >= 0.3 is 5.97 Å². The fraction of sp³-hybridized carbons (Fsp3) is 0.929. The lowest BCUT2D eigenvalue weighted by molar-refractivity contribution is -0.148. The molecule has 0 bridgehead atoms. The summed E-state index contributed by atoms with van der Waals surface area (Å²) in [5, 5.41) is 0. The molecule has 1 atom stereocenters. The number of ether oxygens (including phenoxy) is 2. The number of carbonyl (C=O) groups excluding carboxylic acids is 1. The number of hydrogen-bond donors (Lipinski definition) is 0. The molecule has 0 aromatic rings. The third-order valence-corrected chi connectivity index (χ3v) is 4.11. The van der Waals surface area contributed by atoms with Crippen molar-refractivity contribution in [1.82, 2.24) is 4.90 Å². The molecule has 0 aromatic carbocycles. The first-order valence-electron chi connectivity index (χ1n) is 7.73. The summed E-state index contributed by atoms with van der Waals surface area (Å²) in [4.78, 5) is 14.2. The molecule has 1 fully saturated rings. The highest BCUT2D eigenvalue weighted by atomic mass is 32.2. The van der Waals surface area contributed by atoms with Crippen LogP contribution in [0.2, 0.25) is 0 Å². The number of morpholine rings is 1. The van der Waals surface area contributed by atoms with E-state index in [1.807, 2.05) is 0 Å². The number of esters is 1. The highest BCUT2D eigenvalue weighted by Crippen LogP contribution is 2.15. The average Bonchev–Trinajstić information content (AvgIpc) is 2.46. The van der Waals surface area contributed by atoms with E-state index in [1.54, 1.807) is 6.92 Å². The monoisotopic (exact) mass is 337 g/mol. The van der Waals surface area contributed by atoms with Crippen molar-refractivity contribution < 1.29 is 26.9 Å². The van der Waals surface area contributed by atoms with Crippen LogP contribution in [-0.4, -0.2) is 71.6 Å². The lowest BCUT2D eigenvalue weighted by Gasteiger charge is -2.27. The van der Waals surface area contributed by atoms with Crippen LogP contribution in [0.15, 0.2) is 0 Å². The highest BCUT2D eigenvalue weighted by molar-refractivity contribution is 7.85. The third kappa shape index (κ3) is 8.67. The van der Waals surface area contributed by atoms with Crippen LogP contribution in [0.3, 0.4) is 0 Å². The summed E-state index contributed by atoms with van der Waals surface area (Å²) in [5.41, 5.74) is 0. The van der Waals surface area contributed by atoms with Crippen molar-refractivity contribution in [2.24, 2.45) is 5.92 Å². The minimum Gasteiger partial charge on any atom is -0.466 e. The van der Waals surface area contributed by atoms with Gasteiger partial charge in [0, 0.05) is 13.1 Å². The highest BCUT2D eigenvalue weighted by Gasteiger charge is 2.21. The van der Waals surface area contributed by atoms with Gasteiger partial charge < -0.3 is 9.47 Å². The number of hydrogen-bond acceptors (Lipinski definition) is 7. The van der Waals surface area contributed by atoms with Crippen molar-refractivity contribution in [3.63, 3.8) is 0 Å². The van der Waals surface area contributed by atoms with Gasteiger partial charge in [0.25, 0.3) is 10.1 Å². The van der Waals surface area contributed by atoms with Crippen LogP contribution in [0.1, 0.15) is 26.2 Å². The molecule has 1 heterocycles. The maximum atomic E-state index is 11.9. The van der Waals surface area contributed by atoms with Gasteiger partial charge in [-0.2, -0.15) is 8.42 Å². The fourth-order valence-electron chi connectivity index (χ4n) is 2.37. The number of rotatable bonds is 10. The fourth-order valence-corrected chi connectivity index (χ4v) is 2.77. The lowest BCUT2D eigenvalue weighted by atomic mass is 10.00. The molecule has 0 unspecified atom stereocenters. The van der Waals surface area contributed by atoms with Crippen LogP contribution in [-0.2, 0) is 28.6 Å². The second-order valence-electron chi connectivity index (χ2n) is 5.36. The molecule has 0 saturated carbocycles. The number of carbonyl (C=O) groups is 1. The van der Waals surface area contributed by atoms with Gasteiger partial charge in [-0.15, -0.1) is 0 Å². The Morgan fingerprint density at radius 3 is 2.55 bits per heavy atom. The Labute approximate surface area is 133 Å². The van der Waals surface area contributed by atoms with E-state index in [0.29, 0.717) is 19.4 Å².